The van der Waals surface area contributed by atoms with Gasteiger partial charge in [-0.15, -0.1) is 0 Å². The number of anilines is 2. The third-order valence-corrected chi connectivity index (χ3v) is 4.02. The lowest BCUT2D eigenvalue weighted by molar-refractivity contribution is 0.417. The van der Waals surface area contributed by atoms with Crippen molar-refractivity contribution < 1.29 is 13.2 Å². The highest BCUT2D eigenvalue weighted by atomic mass is 32.2. The Morgan fingerprint density at radius 2 is 2.16 bits per heavy atom. The molecule has 1 aromatic carbocycles. The molecule has 2 rings (SSSR count). The van der Waals surface area contributed by atoms with Crippen molar-refractivity contribution in [2.75, 3.05) is 17.6 Å². The Hall–Kier alpha value is -2.22. The van der Waals surface area contributed by atoms with Crippen LogP contribution in [0.3, 0.4) is 0 Å². The number of aromatic amines is 1. The number of hydrogen-bond acceptors (Lipinski definition) is 5. The van der Waals surface area contributed by atoms with E-state index in [0.717, 1.165) is 0 Å². The molecule has 102 valence electrons. The molecule has 1 heterocycles. The van der Waals surface area contributed by atoms with Gasteiger partial charge in [0.15, 0.2) is 0 Å². The van der Waals surface area contributed by atoms with Crippen LogP contribution >= 0.6 is 0 Å². The van der Waals surface area contributed by atoms with Crippen molar-refractivity contribution in [3.05, 3.63) is 30.1 Å². The molecule has 0 saturated carbocycles. The molecular weight excluding hydrogens is 268 g/mol. The first-order valence-electron chi connectivity index (χ1n) is 5.40. The molecule has 0 aliphatic carbocycles. The van der Waals surface area contributed by atoms with E-state index in [1.54, 1.807) is 19.1 Å². The van der Waals surface area contributed by atoms with Gasteiger partial charge in [0.2, 0.25) is 0 Å². The number of nitrogens with one attached hydrogen (secondary N) is 2. The quantitative estimate of drug-likeness (QED) is 0.728. The lowest BCUT2D eigenvalue weighted by Gasteiger charge is -2.11. The van der Waals surface area contributed by atoms with Crippen LogP contribution < -0.4 is 15.2 Å². The summed E-state index contributed by atoms with van der Waals surface area (Å²) < 4.78 is 31.9. The van der Waals surface area contributed by atoms with E-state index >= 15 is 0 Å². The number of aryl methyl sites for hydroxylation is 1. The molecule has 0 fully saturated rings. The number of methoxy groups -OCH3 is 1. The summed E-state index contributed by atoms with van der Waals surface area (Å²) >= 11 is 0. The topological polar surface area (TPSA) is 110 Å². The number of hydrogen-bond donors (Lipinski definition) is 3. The Balaban J connectivity index is 2.41. The summed E-state index contributed by atoms with van der Waals surface area (Å²) in [5.41, 5.74) is 6.81. The zero-order chi connectivity index (χ0) is 14.0. The summed E-state index contributed by atoms with van der Waals surface area (Å²) in [4.78, 5) is 0.0805. The summed E-state index contributed by atoms with van der Waals surface area (Å²) in [6, 6.07) is 4.71. The Kier molecular flexibility index (Phi) is 3.34. The molecule has 0 amide bonds. The van der Waals surface area contributed by atoms with Crippen LogP contribution in [0.2, 0.25) is 0 Å². The highest BCUT2D eigenvalue weighted by Crippen LogP contribution is 2.29. The second-order valence-corrected chi connectivity index (χ2v) is 5.58. The molecule has 4 N–H and O–H groups in total. The van der Waals surface area contributed by atoms with E-state index in [-0.39, 0.29) is 10.6 Å². The van der Waals surface area contributed by atoms with Crippen molar-refractivity contribution in [2.24, 2.45) is 0 Å². The number of sulfonamides is 1. The highest BCUT2D eigenvalue weighted by Gasteiger charge is 2.20. The minimum atomic E-state index is -3.73. The van der Waals surface area contributed by atoms with Crippen LogP contribution in [0.1, 0.15) is 5.69 Å². The van der Waals surface area contributed by atoms with E-state index < -0.39 is 10.0 Å². The first-order valence-corrected chi connectivity index (χ1v) is 6.88. The largest absolute Gasteiger partial charge is 0.495 e. The maximum absolute atomic E-state index is 12.2. The van der Waals surface area contributed by atoms with Gasteiger partial charge in [0.25, 0.3) is 10.0 Å². The molecule has 7 nitrogen and oxygen atoms in total. The smallest absolute Gasteiger partial charge is 0.265 e. The SMILES string of the molecule is COc1ccc(N)cc1NS(=O)(=O)c1cn[nH]c1C. The zero-order valence-electron chi connectivity index (χ0n) is 10.5. The monoisotopic (exact) mass is 282 g/mol. The summed E-state index contributed by atoms with van der Waals surface area (Å²) in [7, 11) is -2.28. The molecule has 0 spiro atoms. The Bertz CT molecular complexity index is 694. The van der Waals surface area contributed by atoms with Crippen molar-refractivity contribution >= 4 is 21.4 Å². The van der Waals surface area contributed by atoms with E-state index in [9.17, 15) is 8.42 Å². The van der Waals surface area contributed by atoms with Gasteiger partial charge in [0, 0.05) is 5.69 Å². The number of nitrogen functional groups attached to an aromatic ring is 1. The van der Waals surface area contributed by atoms with Gasteiger partial charge in [-0.3, -0.25) is 9.82 Å². The molecule has 19 heavy (non-hydrogen) atoms. The fraction of sp³-hybridized carbons (Fsp3) is 0.182. The predicted octanol–water partition coefficient (Wildman–Crippen LogP) is 1.11. The molecule has 0 aliphatic rings. The average molecular weight is 282 g/mol. The maximum Gasteiger partial charge on any atom is 0.265 e. The second kappa shape index (κ2) is 4.81. The van der Waals surface area contributed by atoms with Gasteiger partial charge in [-0.1, -0.05) is 0 Å². The molecule has 8 heteroatoms. The van der Waals surface area contributed by atoms with E-state index in [4.69, 9.17) is 10.5 Å². The van der Waals surface area contributed by atoms with Gasteiger partial charge < -0.3 is 10.5 Å². The Morgan fingerprint density at radius 3 is 2.74 bits per heavy atom. The van der Waals surface area contributed by atoms with E-state index in [0.29, 0.717) is 17.1 Å². The van der Waals surface area contributed by atoms with Crippen LogP contribution in [0.5, 0.6) is 5.75 Å². The van der Waals surface area contributed by atoms with Gasteiger partial charge in [0.1, 0.15) is 10.6 Å². The normalized spacial score (nSPS) is 11.3. The third-order valence-electron chi connectivity index (χ3n) is 2.54. The summed E-state index contributed by atoms with van der Waals surface area (Å²) in [6.07, 6.45) is 1.25. The molecule has 0 saturated heterocycles. The summed E-state index contributed by atoms with van der Waals surface area (Å²) in [6.45, 7) is 1.62. The van der Waals surface area contributed by atoms with Crippen LogP contribution in [0.4, 0.5) is 11.4 Å². The van der Waals surface area contributed by atoms with Crippen LogP contribution in [-0.2, 0) is 10.0 Å². The first-order chi connectivity index (χ1) is 8.94. The number of aromatic nitrogens is 2. The lowest BCUT2D eigenvalue weighted by Crippen LogP contribution is -2.14. The second-order valence-electron chi connectivity index (χ2n) is 3.92. The summed E-state index contributed by atoms with van der Waals surface area (Å²) in [5, 5.41) is 6.27. The fourth-order valence-electron chi connectivity index (χ4n) is 1.62. The predicted molar refractivity (Wildman–Crippen MR) is 71.5 cm³/mol. The van der Waals surface area contributed by atoms with Crippen molar-refractivity contribution in [2.45, 2.75) is 11.8 Å². The highest BCUT2D eigenvalue weighted by molar-refractivity contribution is 7.92. The minimum absolute atomic E-state index is 0.0805. The molecule has 2 aromatic rings. The van der Waals surface area contributed by atoms with Gasteiger partial charge in [0.05, 0.1) is 24.7 Å². The van der Waals surface area contributed by atoms with Crippen molar-refractivity contribution in [1.82, 2.24) is 10.2 Å². The fourth-order valence-corrected chi connectivity index (χ4v) is 2.81. The standard InChI is InChI=1S/C11H14N4O3S/c1-7-11(6-13-14-7)19(16,17)15-9-5-8(12)3-4-10(9)18-2/h3-6,15H,12H2,1-2H3,(H,13,14). The molecule has 0 aliphatic heterocycles. The number of benzene rings is 1. The number of rotatable bonds is 4. The van der Waals surface area contributed by atoms with E-state index in [2.05, 4.69) is 14.9 Å². The van der Waals surface area contributed by atoms with E-state index in [1.165, 1.54) is 19.4 Å². The molecule has 0 radical (unpaired) electrons. The summed E-state index contributed by atoms with van der Waals surface area (Å²) in [5.74, 6) is 0.388. The van der Waals surface area contributed by atoms with Crippen LogP contribution in [0.25, 0.3) is 0 Å². The Labute approximate surface area is 110 Å². The van der Waals surface area contributed by atoms with Crippen molar-refractivity contribution in [3.63, 3.8) is 0 Å². The number of nitrogens with two attached hydrogens (primary N) is 1. The van der Waals surface area contributed by atoms with Gasteiger partial charge >= 0.3 is 0 Å². The lowest BCUT2D eigenvalue weighted by atomic mass is 10.2. The molecule has 1 aromatic heterocycles. The van der Waals surface area contributed by atoms with Gasteiger partial charge in [-0.05, 0) is 25.1 Å². The molecule has 0 bridgehead atoms. The van der Waals surface area contributed by atoms with Gasteiger partial charge in [-0.25, -0.2) is 8.42 Å². The Morgan fingerprint density at radius 1 is 1.42 bits per heavy atom. The van der Waals surface area contributed by atoms with Gasteiger partial charge in [-0.2, -0.15) is 5.10 Å². The van der Waals surface area contributed by atoms with Crippen molar-refractivity contribution in [1.29, 1.82) is 0 Å². The first kappa shape index (κ1) is 13.2. The van der Waals surface area contributed by atoms with Crippen LogP contribution in [0.15, 0.2) is 29.3 Å². The minimum Gasteiger partial charge on any atom is -0.495 e. The number of nitrogens with zero attached hydrogens (tertiary/aromatic N) is 1. The van der Waals surface area contributed by atoms with Crippen LogP contribution in [-0.4, -0.2) is 25.7 Å². The third kappa shape index (κ3) is 2.63. The number of H-pyrrole nitrogens is 1. The van der Waals surface area contributed by atoms with E-state index in [1.807, 2.05) is 0 Å². The number of ether oxygens (including phenoxy) is 1. The average Bonchev–Trinajstić information content (AvgIpc) is 2.76. The van der Waals surface area contributed by atoms with Crippen LogP contribution in [0, 0.1) is 6.92 Å². The molecule has 0 unspecified atom stereocenters. The maximum atomic E-state index is 12.2. The molecule has 0 atom stereocenters. The zero-order valence-corrected chi connectivity index (χ0v) is 11.3. The van der Waals surface area contributed by atoms with Crippen molar-refractivity contribution in [3.8, 4) is 5.75 Å². The molecular formula is C11H14N4O3S.